The van der Waals surface area contributed by atoms with E-state index in [2.05, 4.69) is 16.3 Å². The van der Waals surface area contributed by atoms with Crippen LogP contribution in [0, 0.1) is 0 Å². The molecule has 0 radical (unpaired) electrons. The second-order valence-electron chi connectivity index (χ2n) is 5.76. The van der Waals surface area contributed by atoms with E-state index < -0.39 is 0 Å². The third-order valence-corrected chi connectivity index (χ3v) is 4.22. The zero-order valence-electron chi connectivity index (χ0n) is 12.7. The number of aryl methyl sites for hydroxylation is 1. The van der Waals surface area contributed by atoms with Crippen LogP contribution < -0.4 is 10.1 Å². The second-order valence-corrected chi connectivity index (χ2v) is 5.76. The highest BCUT2D eigenvalue weighted by Crippen LogP contribution is 2.27. The van der Waals surface area contributed by atoms with E-state index in [9.17, 15) is 9.59 Å². The van der Waals surface area contributed by atoms with Crippen molar-refractivity contribution in [3.05, 3.63) is 29.8 Å². The van der Waals surface area contributed by atoms with Crippen molar-refractivity contribution in [3.63, 3.8) is 0 Å². The lowest BCUT2D eigenvalue weighted by atomic mass is 10.0. The van der Waals surface area contributed by atoms with Gasteiger partial charge >= 0.3 is 6.03 Å². The molecule has 1 unspecified atom stereocenters. The molecule has 0 bridgehead atoms. The fraction of sp³-hybridized carbons (Fsp3) is 0.500. The third-order valence-electron chi connectivity index (χ3n) is 4.22. The van der Waals surface area contributed by atoms with Crippen LogP contribution in [0.2, 0.25) is 0 Å². The molecule has 6 heteroatoms. The van der Waals surface area contributed by atoms with Crippen LogP contribution in [0.25, 0.3) is 0 Å². The van der Waals surface area contributed by atoms with Crippen LogP contribution in [0.15, 0.2) is 24.3 Å². The highest BCUT2D eigenvalue weighted by molar-refractivity contribution is 6.01. The molecule has 22 heavy (non-hydrogen) atoms. The van der Waals surface area contributed by atoms with E-state index in [1.165, 1.54) is 10.5 Å². The Hall–Kier alpha value is -2.08. The Balaban J connectivity index is 1.48. The van der Waals surface area contributed by atoms with Crippen LogP contribution in [0.5, 0.6) is 5.75 Å². The standard InChI is InChI=1S/C16H21N3O3/c1-18(9-4-10-19-14(20)11-17-16(19)21)15-8-7-12-5-2-3-6-13(12)22-15/h2-3,5-6,15H,4,7-11H2,1H3,(H,17,21). The SMILES string of the molecule is CN(CCCN1C(=O)CNC1=O)C1CCc2ccccc2O1. The van der Waals surface area contributed by atoms with Gasteiger partial charge in [-0.2, -0.15) is 0 Å². The molecule has 2 aliphatic rings. The first-order valence-electron chi connectivity index (χ1n) is 7.68. The number of rotatable bonds is 5. The zero-order chi connectivity index (χ0) is 15.5. The van der Waals surface area contributed by atoms with Gasteiger partial charge in [0.25, 0.3) is 0 Å². The van der Waals surface area contributed by atoms with Crippen molar-refractivity contribution in [2.75, 3.05) is 26.7 Å². The summed E-state index contributed by atoms with van der Waals surface area (Å²) in [6.07, 6.45) is 2.77. The van der Waals surface area contributed by atoms with Gasteiger partial charge in [-0.15, -0.1) is 0 Å². The molecule has 0 saturated carbocycles. The number of nitrogens with one attached hydrogen (secondary N) is 1. The zero-order valence-corrected chi connectivity index (χ0v) is 12.7. The molecule has 1 saturated heterocycles. The molecule has 1 aromatic carbocycles. The summed E-state index contributed by atoms with van der Waals surface area (Å²) in [6.45, 7) is 1.36. The Kier molecular flexibility index (Phi) is 4.29. The van der Waals surface area contributed by atoms with Crippen molar-refractivity contribution < 1.29 is 14.3 Å². The summed E-state index contributed by atoms with van der Waals surface area (Å²) >= 11 is 0. The molecule has 1 fully saturated rings. The van der Waals surface area contributed by atoms with E-state index >= 15 is 0 Å². The van der Waals surface area contributed by atoms with Crippen LogP contribution in [0.1, 0.15) is 18.4 Å². The number of hydrogen-bond acceptors (Lipinski definition) is 4. The number of amides is 3. The van der Waals surface area contributed by atoms with Crippen LogP contribution in [-0.2, 0) is 11.2 Å². The number of hydrogen-bond donors (Lipinski definition) is 1. The van der Waals surface area contributed by atoms with Crippen LogP contribution >= 0.6 is 0 Å². The number of ether oxygens (including phenoxy) is 1. The van der Waals surface area contributed by atoms with Crippen molar-refractivity contribution in [1.29, 1.82) is 0 Å². The van der Waals surface area contributed by atoms with Gasteiger partial charge in [0.1, 0.15) is 5.75 Å². The maximum Gasteiger partial charge on any atom is 0.324 e. The van der Waals surface area contributed by atoms with Crippen LogP contribution in [0.3, 0.4) is 0 Å². The molecule has 0 aliphatic carbocycles. The molecule has 0 spiro atoms. The van der Waals surface area contributed by atoms with Gasteiger partial charge in [0, 0.05) is 19.5 Å². The van der Waals surface area contributed by atoms with Gasteiger partial charge in [-0.3, -0.25) is 14.6 Å². The molecule has 118 valence electrons. The number of imide groups is 1. The summed E-state index contributed by atoms with van der Waals surface area (Å²) in [7, 11) is 2.02. The predicted molar refractivity (Wildman–Crippen MR) is 81.5 cm³/mol. The monoisotopic (exact) mass is 303 g/mol. The molecule has 2 heterocycles. The van der Waals surface area contributed by atoms with Gasteiger partial charge in [0.15, 0.2) is 6.23 Å². The fourth-order valence-corrected chi connectivity index (χ4v) is 2.92. The lowest BCUT2D eigenvalue weighted by Crippen LogP contribution is -2.41. The molecule has 1 atom stereocenters. The highest BCUT2D eigenvalue weighted by atomic mass is 16.5. The topological polar surface area (TPSA) is 61.9 Å². The minimum atomic E-state index is -0.282. The smallest absolute Gasteiger partial charge is 0.324 e. The van der Waals surface area contributed by atoms with Crippen molar-refractivity contribution in [2.24, 2.45) is 0 Å². The number of benzene rings is 1. The number of para-hydroxylation sites is 1. The van der Waals surface area contributed by atoms with Crippen LogP contribution in [-0.4, -0.2) is 54.6 Å². The van der Waals surface area contributed by atoms with E-state index in [1.54, 1.807) is 0 Å². The summed E-state index contributed by atoms with van der Waals surface area (Å²) in [5, 5.41) is 2.53. The molecule has 2 aliphatic heterocycles. The van der Waals surface area contributed by atoms with Gasteiger partial charge in [-0.1, -0.05) is 18.2 Å². The number of carbonyl (C=O) groups is 2. The molecule has 6 nitrogen and oxygen atoms in total. The molecule has 0 aromatic heterocycles. The summed E-state index contributed by atoms with van der Waals surface area (Å²) in [4.78, 5) is 26.4. The van der Waals surface area contributed by atoms with E-state index in [-0.39, 0.29) is 24.7 Å². The Bertz CT molecular complexity index is 560. The maximum absolute atomic E-state index is 11.5. The van der Waals surface area contributed by atoms with Gasteiger partial charge in [0.05, 0.1) is 6.54 Å². The summed E-state index contributed by atoms with van der Waals surface area (Å²) in [5.41, 5.74) is 1.26. The first-order chi connectivity index (χ1) is 10.6. The predicted octanol–water partition coefficient (Wildman–Crippen LogP) is 1.21. The molecule has 1 N–H and O–H groups in total. The van der Waals surface area contributed by atoms with Crippen molar-refractivity contribution >= 4 is 11.9 Å². The molecular formula is C16H21N3O3. The van der Waals surface area contributed by atoms with Crippen molar-refractivity contribution in [1.82, 2.24) is 15.1 Å². The number of carbonyl (C=O) groups excluding carboxylic acids is 2. The van der Waals surface area contributed by atoms with E-state index in [0.717, 1.165) is 31.6 Å². The fourth-order valence-electron chi connectivity index (χ4n) is 2.92. The Labute approximate surface area is 130 Å². The number of urea groups is 1. The normalized spacial score (nSPS) is 20.8. The largest absolute Gasteiger partial charge is 0.475 e. The van der Waals surface area contributed by atoms with Gasteiger partial charge in [0.2, 0.25) is 5.91 Å². The van der Waals surface area contributed by atoms with Gasteiger partial charge < -0.3 is 10.1 Å². The average Bonchev–Trinajstić information content (AvgIpc) is 2.86. The van der Waals surface area contributed by atoms with Gasteiger partial charge in [-0.05, 0) is 31.5 Å². The van der Waals surface area contributed by atoms with Crippen molar-refractivity contribution in [2.45, 2.75) is 25.5 Å². The molecule has 3 amide bonds. The van der Waals surface area contributed by atoms with E-state index in [4.69, 9.17) is 4.74 Å². The lowest BCUT2D eigenvalue weighted by molar-refractivity contribution is -0.125. The van der Waals surface area contributed by atoms with E-state index in [0.29, 0.717) is 6.54 Å². The summed E-state index contributed by atoms with van der Waals surface area (Å²) in [5.74, 6) is 0.815. The van der Waals surface area contributed by atoms with E-state index in [1.807, 2.05) is 25.2 Å². The Morgan fingerprint density at radius 2 is 2.18 bits per heavy atom. The molecular weight excluding hydrogens is 282 g/mol. The number of nitrogens with zero attached hydrogens (tertiary/aromatic N) is 2. The van der Waals surface area contributed by atoms with Crippen LogP contribution in [0.4, 0.5) is 4.79 Å². The minimum Gasteiger partial charge on any atom is -0.475 e. The average molecular weight is 303 g/mol. The first kappa shape index (κ1) is 14.8. The molecule has 1 aromatic rings. The summed E-state index contributed by atoms with van der Waals surface area (Å²) < 4.78 is 6.02. The maximum atomic E-state index is 11.5. The minimum absolute atomic E-state index is 0.0537. The Morgan fingerprint density at radius 3 is 2.95 bits per heavy atom. The quantitative estimate of drug-likeness (QED) is 0.831. The summed E-state index contributed by atoms with van der Waals surface area (Å²) in [6, 6.07) is 7.84. The number of fused-ring (bicyclic) bond motifs is 1. The Morgan fingerprint density at radius 1 is 1.36 bits per heavy atom. The van der Waals surface area contributed by atoms with Crippen molar-refractivity contribution in [3.8, 4) is 5.75 Å². The lowest BCUT2D eigenvalue weighted by Gasteiger charge is -2.33. The van der Waals surface area contributed by atoms with Gasteiger partial charge in [-0.25, -0.2) is 4.79 Å². The first-order valence-corrected chi connectivity index (χ1v) is 7.68. The molecule has 3 rings (SSSR count). The second kappa shape index (κ2) is 6.36. The third kappa shape index (κ3) is 3.06. The highest BCUT2D eigenvalue weighted by Gasteiger charge is 2.28.